The zero-order valence-electron chi connectivity index (χ0n) is 11.9. The third kappa shape index (κ3) is 3.25. The van der Waals surface area contributed by atoms with Crippen molar-refractivity contribution in [2.75, 3.05) is 24.7 Å². The Kier molecular flexibility index (Phi) is 4.44. The average molecular weight is 296 g/mol. The van der Waals surface area contributed by atoms with Crippen LogP contribution in [0.4, 0.5) is 5.82 Å². The van der Waals surface area contributed by atoms with E-state index in [9.17, 15) is 0 Å². The molecule has 110 valence electrons. The van der Waals surface area contributed by atoms with Gasteiger partial charge in [-0.15, -0.1) is 0 Å². The van der Waals surface area contributed by atoms with E-state index in [4.69, 9.17) is 16.3 Å². The van der Waals surface area contributed by atoms with Gasteiger partial charge >= 0.3 is 0 Å². The topological polar surface area (TPSA) is 37.4 Å². The van der Waals surface area contributed by atoms with Crippen LogP contribution < -0.4 is 10.2 Å². The number of hydrogen-bond donors (Lipinski definition) is 1. The summed E-state index contributed by atoms with van der Waals surface area (Å²) in [6.45, 7) is 5.41. The average Bonchev–Trinajstić information content (AvgIpc) is 3.29. The number of nitrogens with zero attached hydrogens (tertiary/aromatic N) is 2. The largest absolute Gasteiger partial charge is 0.377 e. The molecule has 0 bridgehead atoms. The van der Waals surface area contributed by atoms with E-state index in [1.165, 1.54) is 12.8 Å². The lowest BCUT2D eigenvalue weighted by Crippen LogP contribution is -2.45. The summed E-state index contributed by atoms with van der Waals surface area (Å²) in [6.07, 6.45) is 5.58. The van der Waals surface area contributed by atoms with Crippen LogP contribution in [-0.4, -0.2) is 36.8 Å². The summed E-state index contributed by atoms with van der Waals surface area (Å²) in [6, 6.07) is 3.13. The SMILES string of the molecule is CCC1COCCN1c1ncc(CNC2CC2)cc1Cl. The number of halogens is 1. The Morgan fingerprint density at radius 3 is 3.05 bits per heavy atom. The highest BCUT2D eigenvalue weighted by Crippen LogP contribution is 2.28. The maximum Gasteiger partial charge on any atom is 0.147 e. The molecule has 1 atom stereocenters. The smallest absolute Gasteiger partial charge is 0.147 e. The van der Waals surface area contributed by atoms with Crippen LogP contribution in [0.25, 0.3) is 0 Å². The molecule has 1 saturated heterocycles. The first-order valence-corrected chi connectivity index (χ1v) is 7.88. The Hall–Kier alpha value is -0.840. The van der Waals surface area contributed by atoms with Gasteiger partial charge in [-0.25, -0.2) is 4.98 Å². The first kappa shape index (κ1) is 14.1. The molecule has 1 unspecified atom stereocenters. The number of anilines is 1. The van der Waals surface area contributed by atoms with Gasteiger partial charge in [0, 0.05) is 25.3 Å². The Morgan fingerprint density at radius 1 is 1.50 bits per heavy atom. The quantitative estimate of drug-likeness (QED) is 0.906. The van der Waals surface area contributed by atoms with Crippen LogP contribution in [0.3, 0.4) is 0 Å². The standard InChI is InChI=1S/C15H22ClN3O/c1-2-13-10-20-6-5-19(13)15-14(16)7-11(9-18-15)8-17-12-3-4-12/h7,9,12-13,17H,2-6,8,10H2,1H3. The molecule has 0 radical (unpaired) electrons. The summed E-state index contributed by atoms with van der Waals surface area (Å²) in [7, 11) is 0. The van der Waals surface area contributed by atoms with Crippen molar-refractivity contribution >= 4 is 17.4 Å². The molecule has 1 aromatic rings. The Balaban J connectivity index is 1.71. The van der Waals surface area contributed by atoms with Gasteiger partial charge in [-0.3, -0.25) is 0 Å². The van der Waals surface area contributed by atoms with Crippen molar-refractivity contribution < 1.29 is 4.74 Å². The molecule has 1 aliphatic carbocycles. The van der Waals surface area contributed by atoms with Gasteiger partial charge in [0.15, 0.2) is 0 Å². The van der Waals surface area contributed by atoms with Crippen LogP contribution in [0.15, 0.2) is 12.3 Å². The fourth-order valence-corrected chi connectivity index (χ4v) is 2.90. The molecule has 1 saturated carbocycles. The lowest BCUT2D eigenvalue weighted by molar-refractivity contribution is 0.0926. The van der Waals surface area contributed by atoms with Crippen molar-refractivity contribution in [3.8, 4) is 0 Å². The monoisotopic (exact) mass is 295 g/mol. The highest BCUT2D eigenvalue weighted by atomic mass is 35.5. The molecule has 2 aliphatic rings. The molecule has 1 N–H and O–H groups in total. The number of rotatable bonds is 5. The normalized spacial score (nSPS) is 23.1. The van der Waals surface area contributed by atoms with Gasteiger partial charge in [0.1, 0.15) is 5.82 Å². The summed E-state index contributed by atoms with van der Waals surface area (Å²) in [5.74, 6) is 0.900. The predicted octanol–water partition coefficient (Wildman–Crippen LogP) is 2.60. The molecule has 2 fully saturated rings. The van der Waals surface area contributed by atoms with E-state index in [-0.39, 0.29) is 0 Å². The second kappa shape index (κ2) is 6.29. The van der Waals surface area contributed by atoms with Gasteiger partial charge in [-0.2, -0.15) is 0 Å². The molecule has 1 aromatic heterocycles. The highest BCUT2D eigenvalue weighted by Gasteiger charge is 2.25. The van der Waals surface area contributed by atoms with Crippen LogP contribution in [0.1, 0.15) is 31.7 Å². The number of ether oxygens (including phenoxy) is 1. The maximum atomic E-state index is 6.44. The van der Waals surface area contributed by atoms with E-state index >= 15 is 0 Å². The molecule has 1 aliphatic heterocycles. The molecule has 3 rings (SSSR count). The molecule has 4 nitrogen and oxygen atoms in total. The van der Waals surface area contributed by atoms with E-state index in [1.54, 1.807) is 0 Å². The molecule has 20 heavy (non-hydrogen) atoms. The Morgan fingerprint density at radius 2 is 2.35 bits per heavy atom. The summed E-state index contributed by atoms with van der Waals surface area (Å²) in [5.41, 5.74) is 1.16. The predicted molar refractivity (Wildman–Crippen MR) is 81.4 cm³/mol. The van der Waals surface area contributed by atoms with Gasteiger partial charge in [0.05, 0.1) is 24.3 Å². The molecule has 0 aromatic carbocycles. The summed E-state index contributed by atoms with van der Waals surface area (Å²) >= 11 is 6.44. The second-order valence-electron chi connectivity index (χ2n) is 5.63. The molecular weight excluding hydrogens is 274 g/mol. The van der Waals surface area contributed by atoms with Crippen LogP contribution in [0, 0.1) is 0 Å². The molecule has 0 spiro atoms. The van der Waals surface area contributed by atoms with Crippen molar-refractivity contribution in [3.05, 3.63) is 22.8 Å². The van der Waals surface area contributed by atoms with E-state index < -0.39 is 0 Å². The lowest BCUT2D eigenvalue weighted by Gasteiger charge is -2.36. The zero-order valence-corrected chi connectivity index (χ0v) is 12.7. The Labute approximate surface area is 125 Å². The van der Waals surface area contributed by atoms with Crippen LogP contribution >= 0.6 is 11.6 Å². The van der Waals surface area contributed by atoms with Crippen molar-refractivity contribution in [3.63, 3.8) is 0 Å². The van der Waals surface area contributed by atoms with E-state index in [2.05, 4.69) is 22.1 Å². The highest BCUT2D eigenvalue weighted by molar-refractivity contribution is 6.33. The summed E-state index contributed by atoms with van der Waals surface area (Å²) in [4.78, 5) is 6.88. The molecule has 0 amide bonds. The fourth-order valence-electron chi connectivity index (χ4n) is 2.60. The van der Waals surface area contributed by atoms with Gasteiger partial charge in [0.25, 0.3) is 0 Å². The number of aromatic nitrogens is 1. The van der Waals surface area contributed by atoms with E-state index in [1.807, 2.05) is 12.3 Å². The summed E-state index contributed by atoms with van der Waals surface area (Å²) in [5, 5.41) is 4.24. The number of pyridine rings is 1. The first-order valence-electron chi connectivity index (χ1n) is 7.50. The second-order valence-corrected chi connectivity index (χ2v) is 6.04. The van der Waals surface area contributed by atoms with Gasteiger partial charge in [0.2, 0.25) is 0 Å². The third-order valence-corrected chi connectivity index (χ3v) is 4.30. The number of hydrogen-bond acceptors (Lipinski definition) is 4. The van der Waals surface area contributed by atoms with E-state index in [0.717, 1.165) is 49.1 Å². The van der Waals surface area contributed by atoms with Crippen molar-refractivity contribution in [2.24, 2.45) is 0 Å². The molecule has 2 heterocycles. The van der Waals surface area contributed by atoms with Crippen molar-refractivity contribution in [1.82, 2.24) is 10.3 Å². The lowest BCUT2D eigenvalue weighted by atomic mass is 10.1. The van der Waals surface area contributed by atoms with Crippen LogP contribution in [-0.2, 0) is 11.3 Å². The van der Waals surface area contributed by atoms with Crippen molar-refractivity contribution in [1.29, 1.82) is 0 Å². The third-order valence-electron chi connectivity index (χ3n) is 4.02. The number of nitrogens with one attached hydrogen (secondary N) is 1. The minimum atomic E-state index is 0.379. The molecular formula is C15H22ClN3O. The first-order chi connectivity index (χ1) is 9.78. The van der Waals surface area contributed by atoms with Crippen LogP contribution in [0.2, 0.25) is 5.02 Å². The minimum absolute atomic E-state index is 0.379. The molecule has 5 heteroatoms. The van der Waals surface area contributed by atoms with Gasteiger partial charge in [-0.1, -0.05) is 18.5 Å². The summed E-state index contributed by atoms with van der Waals surface area (Å²) < 4.78 is 5.54. The number of morpholine rings is 1. The Bertz CT molecular complexity index is 464. The van der Waals surface area contributed by atoms with Crippen LogP contribution in [0.5, 0.6) is 0 Å². The van der Waals surface area contributed by atoms with Gasteiger partial charge < -0.3 is 15.0 Å². The zero-order chi connectivity index (χ0) is 13.9. The van der Waals surface area contributed by atoms with Crippen molar-refractivity contribution in [2.45, 2.75) is 44.8 Å². The van der Waals surface area contributed by atoms with E-state index in [0.29, 0.717) is 12.1 Å². The fraction of sp³-hybridized carbons (Fsp3) is 0.667. The maximum absolute atomic E-state index is 6.44. The van der Waals surface area contributed by atoms with Gasteiger partial charge in [-0.05, 0) is 30.9 Å². The minimum Gasteiger partial charge on any atom is -0.377 e.